The average molecular weight is 657 g/mol. The van der Waals surface area contributed by atoms with Crippen LogP contribution >= 0.6 is 0 Å². The predicted molar refractivity (Wildman–Crippen MR) is 183 cm³/mol. The van der Waals surface area contributed by atoms with Crippen LogP contribution in [-0.4, -0.2) is 76.1 Å². The lowest BCUT2D eigenvalue weighted by Gasteiger charge is -2.29. The molecule has 2 atom stereocenters. The van der Waals surface area contributed by atoms with Crippen LogP contribution < -0.4 is 16.0 Å². The molecule has 4 rings (SSSR count). The van der Waals surface area contributed by atoms with Gasteiger partial charge >= 0.3 is 6.09 Å². The van der Waals surface area contributed by atoms with E-state index in [1.165, 1.54) is 25.1 Å². The lowest BCUT2D eigenvalue weighted by Crippen LogP contribution is -2.59. The van der Waals surface area contributed by atoms with Crippen molar-refractivity contribution < 1.29 is 28.7 Å². The number of fused-ring (bicyclic) bond motifs is 1. The summed E-state index contributed by atoms with van der Waals surface area (Å²) in [4.78, 5) is 58.7. The van der Waals surface area contributed by atoms with Crippen LogP contribution in [0.1, 0.15) is 51.8 Å². The summed E-state index contributed by atoms with van der Waals surface area (Å²) in [5.41, 5.74) is -0.555. The summed E-state index contributed by atoms with van der Waals surface area (Å²) in [6.07, 6.45) is 2.27. The Morgan fingerprint density at radius 3 is 2.23 bits per heavy atom. The van der Waals surface area contributed by atoms with Crippen LogP contribution in [0.2, 0.25) is 0 Å². The van der Waals surface area contributed by atoms with E-state index in [0.717, 1.165) is 21.9 Å². The molecule has 4 amide bonds. The summed E-state index contributed by atoms with van der Waals surface area (Å²) >= 11 is 0. The lowest BCUT2D eigenvalue weighted by atomic mass is 10.0. The van der Waals surface area contributed by atoms with E-state index < -0.39 is 41.1 Å². The number of anilines is 1. The number of aromatic nitrogens is 2. The first kappa shape index (κ1) is 35.6. The van der Waals surface area contributed by atoms with Gasteiger partial charge in [-0.05, 0) is 62.6 Å². The lowest BCUT2D eigenvalue weighted by molar-refractivity contribution is -0.131. The standard InChI is InChI=1S/C36H44N6O6/c1-35(2,3)48-34(46)40-36(4,5)33(45)38-28(22-47-21-24-13-9-8-10-14-24)31(43)39-29-20-42(23-37-29)30(32(44)41(6)7)27-18-17-25-15-11-12-16-26(25)19-27/h8-20,23,28,30H,21-22H2,1-7H3,(H,38,45)(H,39,43)(H,40,46). The van der Waals surface area contributed by atoms with Crippen molar-refractivity contribution in [3.63, 3.8) is 0 Å². The molecular weight excluding hydrogens is 612 g/mol. The first-order chi connectivity index (χ1) is 22.6. The third-order valence-corrected chi connectivity index (χ3v) is 7.31. The Balaban J connectivity index is 1.53. The third kappa shape index (κ3) is 9.64. The zero-order chi connectivity index (χ0) is 35.1. The first-order valence-electron chi connectivity index (χ1n) is 15.6. The smallest absolute Gasteiger partial charge is 0.408 e. The second kappa shape index (κ2) is 15.1. The van der Waals surface area contributed by atoms with Gasteiger partial charge in [0.05, 0.1) is 19.5 Å². The molecule has 0 aliphatic rings. The molecule has 1 heterocycles. The monoisotopic (exact) mass is 656 g/mol. The van der Waals surface area contributed by atoms with Gasteiger partial charge in [0.2, 0.25) is 11.8 Å². The molecule has 2 unspecified atom stereocenters. The van der Waals surface area contributed by atoms with Gasteiger partial charge in [-0.2, -0.15) is 0 Å². The minimum Gasteiger partial charge on any atom is -0.444 e. The van der Waals surface area contributed by atoms with Crippen molar-refractivity contribution in [2.45, 2.75) is 64.4 Å². The number of carbonyl (C=O) groups is 4. The highest BCUT2D eigenvalue weighted by Crippen LogP contribution is 2.26. The van der Waals surface area contributed by atoms with Crippen LogP contribution in [-0.2, 0) is 30.5 Å². The van der Waals surface area contributed by atoms with E-state index in [9.17, 15) is 19.2 Å². The molecule has 12 nitrogen and oxygen atoms in total. The Labute approximate surface area is 280 Å². The van der Waals surface area contributed by atoms with Crippen LogP contribution in [0.25, 0.3) is 10.8 Å². The number of hydrogen-bond acceptors (Lipinski definition) is 7. The Morgan fingerprint density at radius 1 is 0.896 bits per heavy atom. The zero-order valence-corrected chi connectivity index (χ0v) is 28.4. The maximum Gasteiger partial charge on any atom is 0.408 e. The molecule has 0 fully saturated rings. The van der Waals surface area contributed by atoms with Crippen molar-refractivity contribution in [2.24, 2.45) is 0 Å². The fourth-order valence-corrected chi connectivity index (χ4v) is 4.83. The number of likely N-dealkylation sites (N-methyl/N-ethyl adjacent to an activating group) is 1. The molecule has 0 saturated carbocycles. The van der Waals surface area contributed by atoms with Crippen molar-refractivity contribution in [1.82, 2.24) is 25.1 Å². The van der Waals surface area contributed by atoms with Gasteiger partial charge in [-0.3, -0.25) is 14.4 Å². The number of ether oxygens (including phenoxy) is 2. The van der Waals surface area contributed by atoms with Crippen molar-refractivity contribution in [3.8, 4) is 0 Å². The number of nitrogens with one attached hydrogen (secondary N) is 3. The fourth-order valence-electron chi connectivity index (χ4n) is 4.83. The van der Waals surface area contributed by atoms with E-state index in [1.54, 1.807) is 45.6 Å². The quantitative estimate of drug-likeness (QED) is 0.201. The Kier molecular flexibility index (Phi) is 11.2. The maximum atomic E-state index is 13.6. The summed E-state index contributed by atoms with van der Waals surface area (Å²) in [5.74, 6) is -1.24. The van der Waals surface area contributed by atoms with Gasteiger partial charge in [0.15, 0.2) is 5.82 Å². The molecule has 3 N–H and O–H groups in total. The summed E-state index contributed by atoms with van der Waals surface area (Å²) in [6.45, 7) is 8.18. The first-order valence-corrected chi connectivity index (χ1v) is 15.6. The molecule has 0 saturated heterocycles. The number of carbonyl (C=O) groups excluding carboxylic acids is 4. The highest BCUT2D eigenvalue weighted by molar-refractivity contribution is 5.98. The minimum absolute atomic E-state index is 0.172. The largest absolute Gasteiger partial charge is 0.444 e. The molecule has 48 heavy (non-hydrogen) atoms. The van der Waals surface area contributed by atoms with E-state index >= 15 is 0 Å². The molecule has 0 aliphatic carbocycles. The molecule has 3 aromatic carbocycles. The number of alkyl carbamates (subject to hydrolysis) is 1. The van der Waals surface area contributed by atoms with E-state index in [0.29, 0.717) is 0 Å². The molecule has 0 radical (unpaired) electrons. The van der Waals surface area contributed by atoms with Crippen LogP contribution in [0, 0.1) is 0 Å². The summed E-state index contributed by atoms with van der Waals surface area (Å²) in [7, 11) is 3.36. The van der Waals surface area contributed by atoms with E-state index in [4.69, 9.17) is 9.47 Å². The van der Waals surface area contributed by atoms with Crippen LogP contribution in [0.5, 0.6) is 0 Å². The van der Waals surface area contributed by atoms with Gasteiger partial charge < -0.3 is 34.9 Å². The molecule has 12 heteroatoms. The topological polar surface area (TPSA) is 144 Å². The molecule has 4 aromatic rings. The molecule has 0 aliphatic heterocycles. The van der Waals surface area contributed by atoms with E-state index in [1.807, 2.05) is 72.8 Å². The molecule has 0 bridgehead atoms. The van der Waals surface area contributed by atoms with Gasteiger partial charge in [-0.25, -0.2) is 9.78 Å². The molecular formula is C36H44N6O6. The molecule has 0 spiro atoms. The van der Waals surface area contributed by atoms with E-state index in [-0.39, 0.29) is 24.9 Å². The number of amides is 4. The summed E-state index contributed by atoms with van der Waals surface area (Å²) in [5, 5.41) is 10.0. The van der Waals surface area contributed by atoms with Crippen molar-refractivity contribution in [1.29, 1.82) is 0 Å². The Morgan fingerprint density at radius 2 is 1.56 bits per heavy atom. The highest BCUT2D eigenvalue weighted by Gasteiger charge is 2.35. The molecule has 254 valence electrons. The second-order valence-corrected chi connectivity index (χ2v) is 13.2. The number of imidazole rings is 1. The maximum absolute atomic E-state index is 13.6. The number of benzene rings is 3. The van der Waals surface area contributed by atoms with Gasteiger partial charge in [-0.15, -0.1) is 0 Å². The van der Waals surface area contributed by atoms with Crippen LogP contribution in [0.3, 0.4) is 0 Å². The fraction of sp³-hybridized carbons (Fsp3) is 0.361. The number of rotatable bonds is 12. The Hall–Kier alpha value is -5.23. The second-order valence-electron chi connectivity index (χ2n) is 13.2. The van der Waals surface area contributed by atoms with E-state index in [2.05, 4.69) is 20.9 Å². The Bertz CT molecular complexity index is 1740. The van der Waals surface area contributed by atoms with Crippen molar-refractivity contribution >= 4 is 40.4 Å². The average Bonchev–Trinajstić information content (AvgIpc) is 3.47. The van der Waals surface area contributed by atoms with Gasteiger partial charge in [0.1, 0.15) is 23.2 Å². The SMILES string of the molecule is CN(C)C(=O)C(c1ccc2ccccc2c1)n1cnc(NC(=O)C(COCc2ccccc2)NC(=O)C(C)(C)NC(=O)OC(C)(C)C)c1. The van der Waals surface area contributed by atoms with Crippen molar-refractivity contribution in [2.75, 3.05) is 26.0 Å². The summed E-state index contributed by atoms with van der Waals surface area (Å²) in [6, 6.07) is 21.2. The van der Waals surface area contributed by atoms with Gasteiger partial charge in [-0.1, -0.05) is 66.7 Å². The van der Waals surface area contributed by atoms with Crippen molar-refractivity contribution in [3.05, 3.63) is 96.4 Å². The van der Waals surface area contributed by atoms with Crippen LogP contribution in [0.4, 0.5) is 10.6 Å². The molecule has 1 aromatic heterocycles. The minimum atomic E-state index is -1.43. The normalized spacial score (nSPS) is 12.9. The highest BCUT2D eigenvalue weighted by atomic mass is 16.6. The number of nitrogens with zero attached hydrogens (tertiary/aromatic N) is 3. The summed E-state index contributed by atoms with van der Waals surface area (Å²) < 4.78 is 12.8. The van der Waals surface area contributed by atoms with Gasteiger partial charge in [0.25, 0.3) is 5.91 Å². The predicted octanol–water partition coefficient (Wildman–Crippen LogP) is 4.66. The van der Waals surface area contributed by atoms with Gasteiger partial charge in [0, 0.05) is 20.3 Å². The van der Waals surface area contributed by atoms with Crippen LogP contribution in [0.15, 0.2) is 85.3 Å². The zero-order valence-electron chi connectivity index (χ0n) is 28.4. The third-order valence-electron chi connectivity index (χ3n) is 7.31. The number of hydrogen-bond donors (Lipinski definition) is 3.